The first-order chi connectivity index (χ1) is 12.5. The molecule has 1 aromatic carbocycles. The number of rotatable bonds is 3. The van der Waals surface area contributed by atoms with E-state index in [1.807, 2.05) is 24.3 Å². The van der Waals surface area contributed by atoms with Crippen molar-refractivity contribution in [1.29, 1.82) is 0 Å². The van der Waals surface area contributed by atoms with E-state index in [4.69, 9.17) is 4.74 Å². The number of hydrogen-bond acceptors (Lipinski definition) is 5. The molecule has 0 radical (unpaired) electrons. The van der Waals surface area contributed by atoms with Crippen LogP contribution in [0.3, 0.4) is 0 Å². The molecule has 132 valence electrons. The predicted molar refractivity (Wildman–Crippen MR) is 105 cm³/mol. The normalized spacial score (nSPS) is 13.4. The zero-order valence-corrected chi connectivity index (χ0v) is 15.3. The van der Waals surface area contributed by atoms with Crippen molar-refractivity contribution < 1.29 is 4.74 Å². The van der Waals surface area contributed by atoms with Crippen LogP contribution in [0, 0.1) is 5.41 Å². The maximum absolute atomic E-state index is 5.94. The molecule has 2 aromatic heterocycles. The van der Waals surface area contributed by atoms with Gasteiger partial charge in [0.15, 0.2) is 5.84 Å². The number of anilines is 1. The fourth-order valence-electron chi connectivity index (χ4n) is 2.88. The number of aromatic nitrogens is 2. The van der Waals surface area contributed by atoms with Crippen LogP contribution in [-0.4, -0.2) is 22.4 Å². The van der Waals surface area contributed by atoms with Crippen molar-refractivity contribution in [3.05, 3.63) is 60.0 Å². The van der Waals surface area contributed by atoms with Gasteiger partial charge in [-0.15, -0.1) is 0 Å². The molecule has 4 rings (SSSR count). The number of nitrogens with one attached hydrogen (secondary N) is 1. The first-order valence-electron chi connectivity index (χ1n) is 8.77. The molecule has 0 spiro atoms. The third-order valence-electron chi connectivity index (χ3n) is 4.16. The standard InChI is InChI=1S/C21H22N4O/c1-21(2,3)13-26-20-17-7-6-16(11-14(17)8-10-23-20)25-19-18-15(12-24-19)5-4-9-22-18/h4-11H,12-13H2,1-3H3,(H,24,25). The average molecular weight is 346 g/mol. The van der Waals surface area contributed by atoms with E-state index in [2.05, 4.69) is 53.2 Å². The van der Waals surface area contributed by atoms with Crippen LogP contribution >= 0.6 is 0 Å². The van der Waals surface area contributed by atoms with Crippen LogP contribution in [0.25, 0.3) is 10.8 Å². The molecule has 1 N–H and O–H groups in total. The number of benzene rings is 1. The lowest BCUT2D eigenvalue weighted by Crippen LogP contribution is -2.17. The molecule has 26 heavy (non-hydrogen) atoms. The second kappa shape index (κ2) is 6.41. The summed E-state index contributed by atoms with van der Waals surface area (Å²) in [5.74, 6) is 1.49. The number of aliphatic imine (C=N–C) groups is 1. The van der Waals surface area contributed by atoms with Gasteiger partial charge in [0, 0.05) is 29.0 Å². The molecule has 0 saturated carbocycles. The molecule has 1 aliphatic heterocycles. The lowest BCUT2D eigenvalue weighted by molar-refractivity contribution is 0.194. The van der Waals surface area contributed by atoms with Gasteiger partial charge in [0.2, 0.25) is 5.88 Å². The molecular weight excluding hydrogens is 324 g/mol. The Labute approximate surface area is 153 Å². The Balaban J connectivity index is 1.59. The summed E-state index contributed by atoms with van der Waals surface area (Å²) < 4.78 is 5.94. The summed E-state index contributed by atoms with van der Waals surface area (Å²) >= 11 is 0. The third kappa shape index (κ3) is 3.38. The van der Waals surface area contributed by atoms with Crippen molar-refractivity contribution in [3.8, 4) is 5.88 Å². The van der Waals surface area contributed by atoms with Crippen molar-refractivity contribution in [2.75, 3.05) is 11.9 Å². The van der Waals surface area contributed by atoms with Gasteiger partial charge >= 0.3 is 0 Å². The Kier molecular flexibility index (Phi) is 4.07. The van der Waals surface area contributed by atoms with E-state index in [0.29, 0.717) is 19.0 Å². The van der Waals surface area contributed by atoms with Gasteiger partial charge in [0.1, 0.15) is 5.69 Å². The fourth-order valence-corrected chi connectivity index (χ4v) is 2.88. The van der Waals surface area contributed by atoms with E-state index < -0.39 is 0 Å². The van der Waals surface area contributed by atoms with Crippen LogP contribution in [0.4, 0.5) is 5.69 Å². The van der Waals surface area contributed by atoms with Crippen molar-refractivity contribution in [3.63, 3.8) is 0 Å². The smallest absolute Gasteiger partial charge is 0.221 e. The van der Waals surface area contributed by atoms with E-state index in [0.717, 1.165) is 33.6 Å². The summed E-state index contributed by atoms with van der Waals surface area (Å²) in [5.41, 5.74) is 3.14. The molecule has 0 saturated heterocycles. The third-order valence-corrected chi connectivity index (χ3v) is 4.16. The summed E-state index contributed by atoms with van der Waals surface area (Å²) in [6.07, 6.45) is 3.58. The van der Waals surface area contributed by atoms with Crippen molar-refractivity contribution in [1.82, 2.24) is 9.97 Å². The van der Waals surface area contributed by atoms with E-state index in [9.17, 15) is 0 Å². The molecule has 3 heterocycles. The summed E-state index contributed by atoms with van der Waals surface area (Å²) in [5, 5.41) is 5.48. The summed E-state index contributed by atoms with van der Waals surface area (Å²) in [6.45, 7) is 7.74. The minimum Gasteiger partial charge on any atom is -0.477 e. The maximum atomic E-state index is 5.94. The largest absolute Gasteiger partial charge is 0.477 e. The van der Waals surface area contributed by atoms with Crippen LogP contribution in [0.1, 0.15) is 32.0 Å². The highest BCUT2D eigenvalue weighted by Crippen LogP contribution is 2.28. The Bertz CT molecular complexity index is 989. The van der Waals surface area contributed by atoms with E-state index in [-0.39, 0.29) is 5.41 Å². The lowest BCUT2D eigenvalue weighted by Gasteiger charge is -2.19. The molecule has 0 bridgehead atoms. The highest BCUT2D eigenvalue weighted by atomic mass is 16.5. The van der Waals surface area contributed by atoms with Gasteiger partial charge in [-0.25, -0.2) is 4.98 Å². The number of hydrogen-bond donors (Lipinski definition) is 1. The number of ether oxygens (including phenoxy) is 1. The molecular formula is C21H22N4O. The van der Waals surface area contributed by atoms with E-state index in [1.54, 1.807) is 12.4 Å². The molecule has 0 amide bonds. The molecule has 5 nitrogen and oxygen atoms in total. The van der Waals surface area contributed by atoms with Crippen LogP contribution in [-0.2, 0) is 6.54 Å². The molecule has 0 aliphatic carbocycles. The molecule has 1 aliphatic rings. The summed E-state index contributed by atoms with van der Waals surface area (Å²) in [7, 11) is 0. The maximum Gasteiger partial charge on any atom is 0.221 e. The number of nitrogens with zero attached hydrogens (tertiary/aromatic N) is 3. The second-order valence-corrected chi connectivity index (χ2v) is 7.70. The van der Waals surface area contributed by atoms with E-state index in [1.165, 1.54) is 0 Å². The van der Waals surface area contributed by atoms with Gasteiger partial charge in [0.05, 0.1) is 13.2 Å². The van der Waals surface area contributed by atoms with Gasteiger partial charge in [-0.2, -0.15) is 0 Å². The van der Waals surface area contributed by atoms with Gasteiger partial charge < -0.3 is 10.1 Å². The Morgan fingerprint density at radius 3 is 2.81 bits per heavy atom. The quantitative estimate of drug-likeness (QED) is 0.762. The number of fused-ring (bicyclic) bond motifs is 2. The molecule has 0 unspecified atom stereocenters. The summed E-state index contributed by atoms with van der Waals surface area (Å²) in [6, 6.07) is 12.2. The topological polar surface area (TPSA) is 59.4 Å². The minimum atomic E-state index is 0.0896. The number of amidine groups is 1. The van der Waals surface area contributed by atoms with Gasteiger partial charge in [-0.05, 0) is 41.1 Å². The summed E-state index contributed by atoms with van der Waals surface area (Å²) in [4.78, 5) is 13.4. The first-order valence-corrected chi connectivity index (χ1v) is 8.77. The monoisotopic (exact) mass is 346 g/mol. The highest BCUT2D eigenvalue weighted by Gasteiger charge is 2.17. The van der Waals surface area contributed by atoms with Crippen molar-refractivity contribution in [2.45, 2.75) is 27.3 Å². The Hall–Kier alpha value is -2.95. The Morgan fingerprint density at radius 1 is 1.08 bits per heavy atom. The highest BCUT2D eigenvalue weighted by molar-refractivity contribution is 6.10. The lowest BCUT2D eigenvalue weighted by atomic mass is 9.99. The van der Waals surface area contributed by atoms with Crippen molar-refractivity contribution in [2.24, 2.45) is 10.4 Å². The van der Waals surface area contributed by atoms with Crippen molar-refractivity contribution >= 4 is 22.3 Å². The average Bonchev–Trinajstić information content (AvgIpc) is 3.02. The van der Waals surface area contributed by atoms with Gasteiger partial charge in [-0.1, -0.05) is 26.8 Å². The van der Waals surface area contributed by atoms with Gasteiger partial charge in [0.25, 0.3) is 0 Å². The molecule has 5 heteroatoms. The second-order valence-electron chi connectivity index (χ2n) is 7.70. The molecule has 0 fully saturated rings. The SMILES string of the molecule is CC(C)(C)COc1nccc2cc(NC3=NCc4cccnc43)ccc12. The molecule has 0 atom stereocenters. The minimum absolute atomic E-state index is 0.0896. The predicted octanol–water partition coefficient (Wildman–Crippen LogP) is 4.43. The molecule has 3 aromatic rings. The first kappa shape index (κ1) is 16.5. The van der Waals surface area contributed by atoms with E-state index >= 15 is 0 Å². The van der Waals surface area contributed by atoms with Gasteiger partial charge in [-0.3, -0.25) is 9.98 Å². The van der Waals surface area contributed by atoms with Crippen LogP contribution in [0.2, 0.25) is 0 Å². The van der Waals surface area contributed by atoms with Crippen LogP contribution in [0.5, 0.6) is 5.88 Å². The number of pyridine rings is 2. The zero-order valence-electron chi connectivity index (χ0n) is 15.3. The van der Waals surface area contributed by atoms with Crippen LogP contribution in [0.15, 0.2) is 53.8 Å². The zero-order chi connectivity index (χ0) is 18.1. The fraction of sp³-hybridized carbons (Fsp3) is 0.286. The van der Waals surface area contributed by atoms with Crippen LogP contribution < -0.4 is 10.1 Å². The Morgan fingerprint density at radius 2 is 1.96 bits per heavy atom.